The molecular formula is C29H28F2N2O3. The average Bonchev–Trinajstić information content (AvgIpc) is 3.27. The van der Waals surface area contributed by atoms with Gasteiger partial charge < -0.3 is 10.2 Å². The largest absolute Gasteiger partial charge is 0.381 e. The van der Waals surface area contributed by atoms with Crippen LogP contribution in [0.2, 0.25) is 0 Å². The number of carbonyl (C=O) groups is 2. The Labute approximate surface area is 209 Å². The maximum absolute atomic E-state index is 13.9. The number of ketones is 1. The Morgan fingerprint density at radius 1 is 1.06 bits per heavy atom. The minimum Gasteiger partial charge on any atom is -0.381 e. The van der Waals surface area contributed by atoms with E-state index in [4.69, 9.17) is 4.84 Å². The predicted molar refractivity (Wildman–Crippen MR) is 136 cm³/mol. The third-order valence-electron chi connectivity index (χ3n) is 6.66. The van der Waals surface area contributed by atoms with E-state index < -0.39 is 28.7 Å². The summed E-state index contributed by atoms with van der Waals surface area (Å²) in [6, 6.07) is 16.2. The molecule has 1 aliphatic rings. The molecule has 1 heterocycles. The van der Waals surface area contributed by atoms with Crippen molar-refractivity contribution in [2.75, 3.05) is 5.32 Å². The standard InChI is InChI=1S/C29H28F2N2O3/c1-5-17(2)27(34)29(4)16-25(33-36-29)20-10-9-18(3)22(15-20)19-11-13-21(14-12-19)32-28(35)26-23(30)7-6-8-24(26)31/h6-15,17H,5,16H2,1-4H3,(H,32,35). The van der Waals surface area contributed by atoms with Crippen molar-refractivity contribution in [1.82, 2.24) is 0 Å². The van der Waals surface area contributed by atoms with E-state index in [9.17, 15) is 18.4 Å². The number of rotatable bonds is 7. The lowest BCUT2D eigenvalue weighted by molar-refractivity contribution is -0.143. The van der Waals surface area contributed by atoms with Crippen molar-refractivity contribution in [3.8, 4) is 11.1 Å². The van der Waals surface area contributed by atoms with Crippen molar-refractivity contribution in [3.63, 3.8) is 0 Å². The molecule has 2 unspecified atom stereocenters. The first-order valence-corrected chi connectivity index (χ1v) is 11.9. The van der Waals surface area contributed by atoms with Crippen molar-refractivity contribution in [3.05, 3.63) is 89.0 Å². The van der Waals surface area contributed by atoms with Crippen LogP contribution in [0.3, 0.4) is 0 Å². The highest BCUT2D eigenvalue weighted by Gasteiger charge is 2.43. The van der Waals surface area contributed by atoms with Crippen LogP contribution < -0.4 is 5.32 Å². The number of anilines is 1. The van der Waals surface area contributed by atoms with E-state index in [0.717, 1.165) is 40.8 Å². The SMILES string of the molecule is CCC(C)C(=O)C1(C)CC(c2ccc(C)c(-c3ccc(NC(=O)c4c(F)cccc4F)cc3)c2)=NO1. The van der Waals surface area contributed by atoms with E-state index in [1.165, 1.54) is 6.07 Å². The van der Waals surface area contributed by atoms with Crippen LogP contribution >= 0.6 is 0 Å². The van der Waals surface area contributed by atoms with Crippen LogP contribution in [0.4, 0.5) is 14.5 Å². The highest BCUT2D eigenvalue weighted by molar-refractivity contribution is 6.07. The quantitative estimate of drug-likeness (QED) is 0.401. The fourth-order valence-corrected chi connectivity index (χ4v) is 4.29. The van der Waals surface area contributed by atoms with E-state index in [1.807, 2.05) is 51.1 Å². The summed E-state index contributed by atoms with van der Waals surface area (Å²) >= 11 is 0. The molecule has 3 aromatic carbocycles. The van der Waals surface area contributed by atoms with Crippen molar-refractivity contribution in [2.45, 2.75) is 46.1 Å². The summed E-state index contributed by atoms with van der Waals surface area (Å²) in [5.41, 5.74) is 3.28. The Balaban J connectivity index is 1.53. The second kappa shape index (κ2) is 10.0. The van der Waals surface area contributed by atoms with E-state index in [2.05, 4.69) is 10.5 Å². The Morgan fingerprint density at radius 3 is 2.33 bits per heavy atom. The first-order valence-electron chi connectivity index (χ1n) is 11.9. The zero-order chi connectivity index (χ0) is 26.0. The van der Waals surface area contributed by atoms with E-state index in [1.54, 1.807) is 19.1 Å². The number of halogens is 2. The fourth-order valence-electron chi connectivity index (χ4n) is 4.29. The smallest absolute Gasteiger partial charge is 0.261 e. The number of carbonyl (C=O) groups excluding carboxylic acids is 2. The molecule has 0 aromatic heterocycles. The van der Waals surface area contributed by atoms with Gasteiger partial charge in [0, 0.05) is 23.6 Å². The summed E-state index contributed by atoms with van der Waals surface area (Å²) in [5, 5.41) is 6.77. The number of hydrogen-bond acceptors (Lipinski definition) is 4. The van der Waals surface area contributed by atoms with Crippen LogP contribution in [0.5, 0.6) is 0 Å². The summed E-state index contributed by atoms with van der Waals surface area (Å²) in [5.74, 6) is -2.75. The topological polar surface area (TPSA) is 67.8 Å². The normalized spacial score (nSPS) is 17.8. The maximum atomic E-state index is 13.9. The van der Waals surface area contributed by atoms with Gasteiger partial charge in [0.05, 0.1) is 5.71 Å². The second-order valence-corrected chi connectivity index (χ2v) is 9.37. The number of aryl methyl sites for hydroxylation is 1. The molecule has 4 rings (SSSR count). The number of benzene rings is 3. The Kier molecular flexibility index (Phi) is 7.02. The van der Waals surface area contributed by atoms with Gasteiger partial charge in [0.25, 0.3) is 5.91 Å². The molecule has 0 saturated carbocycles. The maximum Gasteiger partial charge on any atom is 0.261 e. The third-order valence-corrected chi connectivity index (χ3v) is 6.66. The van der Waals surface area contributed by atoms with Gasteiger partial charge in [-0.15, -0.1) is 0 Å². The number of nitrogens with one attached hydrogen (secondary N) is 1. The van der Waals surface area contributed by atoms with Crippen LogP contribution in [-0.4, -0.2) is 23.0 Å². The zero-order valence-electron chi connectivity index (χ0n) is 20.7. The number of oxime groups is 1. The van der Waals surface area contributed by atoms with Gasteiger partial charge in [0.15, 0.2) is 11.4 Å². The van der Waals surface area contributed by atoms with E-state index >= 15 is 0 Å². The van der Waals surface area contributed by atoms with Crippen LogP contribution in [0.25, 0.3) is 11.1 Å². The highest BCUT2D eigenvalue weighted by Crippen LogP contribution is 2.33. The van der Waals surface area contributed by atoms with Gasteiger partial charge in [0.2, 0.25) is 0 Å². The van der Waals surface area contributed by atoms with Crippen molar-refractivity contribution < 1.29 is 23.2 Å². The average molecular weight is 491 g/mol. The Hall–Kier alpha value is -3.87. The van der Waals surface area contributed by atoms with Crippen LogP contribution in [-0.2, 0) is 9.63 Å². The minimum atomic E-state index is -0.965. The van der Waals surface area contributed by atoms with Gasteiger partial charge >= 0.3 is 0 Å². The monoisotopic (exact) mass is 490 g/mol. The molecule has 0 fully saturated rings. The number of nitrogens with zero attached hydrogens (tertiary/aromatic N) is 1. The molecule has 0 aliphatic carbocycles. The van der Waals surface area contributed by atoms with Gasteiger partial charge in [-0.25, -0.2) is 8.78 Å². The van der Waals surface area contributed by atoms with Gasteiger partial charge in [-0.1, -0.05) is 49.3 Å². The van der Waals surface area contributed by atoms with Crippen molar-refractivity contribution in [2.24, 2.45) is 11.1 Å². The molecule has 0 bridgehead atoms. The van der Waals surface area contributed by atoms with Crippen LogP contribution in [0.15, 0.2) is 65.8 Å². The Morgan fingerprint density at radius 2 is 1.69 bits per heavy atom. The molecule has 0 spiro atoms. The number of Topliss-reactive ketones (excluding diaryl/α,β-unsaturated/α-hetero) is 1. The molecule has 3 aromatic rings. The fraction of sp³-hybridized carbons (Fsp3) is 0.276. The molecular weight excluding hydrogens is 462 g/mol. The predicted octanol–water partition coefficient (Wildman–Crippen LogP) is 6.69. The second-order valence-electron chi connectivity index (χ2n) is 9.37. The van der Waals surface area contributed by atoms with Gasteiger partial charge in [-0.05, 0) is 67.3 Å². The molecule has 2 atom stereocenters. The molecule has 1 amide bonds. The number of amides is 1. The van der Waals surface area contributed by atoms with Crippen LogP contribution in [0, 0.1) is 24.5 Å². The van der Waals surface area contributed by atoms with Crippen molar-refractivity contribution in [1.29, 1.82) is 0 Å². The summed E-state index contributed by atoms with van der Waals surface area (Å²) < 4.78 is 27.8. The third kappa shape index (κ3) is 4.91. The molecule has 7 heteroatoms. The lowest BCUT2D eigenvalue weighted by Gasteiger charge is -2.23. The Bertz CT molecular complexity index is 1330. The van der Waals surface area contributed by atoms with E-state index in [-0.39, 0.29) is 11.7 Å². The molecule has 186 valence electrons. The van der Waals surface area contributed by atoms with Gasteiger partial charge in [0.1, 0.15) is 17.2 Å². The first-order chi connectivity index (χ1) is 17.1. The van der Waals surface area contributed by atoms with Gasteiger partial charge in [-0.3, -0.25) is 9.59 Å². The molecule has 1 N–H and O–H groups in total. The van der Waals surface area contributed by atoms with Gasteiger partial charge in [-0.2, -0.15) is 0 Å². The minimum absolute atomic E-state index is 0.0454. The zero-order valence-corrected chi connectivity index (χ0v) is 20.7. The summed E-state index contributed by atoms with van der Waals surface area (Å²) in [4.78, 5) is 30.8. The lowest BCUT2D eigenvalue weighted by Crippen LogP contribution is -2.39. The highest BCUT2D eigenvalue weighted by atomic mass is 19.1. The van der Waals surface area contributed by atoms with E-state index in [0.29, 0.717) is 17.8 Å². The summed E-state index contributed by atoms with van der Waals surface area (Å²) in [7, 11) is 0. The first kappa shape index (κ1) is 25.2. The molecule has 0 saturated heterocycles. The number of hydrogen-bond donors (Lipinski definition) is 1. The molecule has 0 radical (unpaired) electrons. The molecule has 5 nitrogen and oxygen atoms in total. The lowest BCUT2D eigenvalue weighted by atomic mass is 9.84. The molecule has 1 aliphatic heterocycles. The van der Waals surface area contributed by atoms with Crippen LogP contribution in [0.1, 0.15) is 55.1 Å². The van der Waals surface area contributed by atoms with Crippen molar-refractivity contribution >= 4 is 23.1 Å². The summed E-state index contributed by atoms with van der Waals surface area (Å²) in [6.07, 6.45) is 1.14. The summed E-state index contributed by atoms with van der Waals surface area (Å²) in [6.45, 7) is 7.65. The molecule has 36 heavy (non-hydrogen) atoms.